The molecular formula is C37H43N5O5S. The molecule has 1 atom stereocenters. The van der Waals surface area contributed by atoms with Crippen LogP contribution in [0.3, 0.4) is 0 Å². The summed E-state index contributed by atoms with van der Waals surface area (Å²) in [5.74, 6) is -0.307. The highest BCUT2D eigenvalue weighted by molar-refractivity contribution is 7.91. The number of likely N-dealkylation sites (tertiary alicyclic amines) is 1. The molecule has 2 aromatic heterocycles. The monoisotopic (exact) mass is 669 g/mol. The molecule has 0 bridgehead atoms. The van der Waals surface area contributed by atoms with Crippen LogP contribution in [0.25, 0.3) is 21.8 Å². The van der Waals surface area contributed by atoms with Crippen LogP contribution in [0.15, 0.2) is 72.8 Å². The number of pyridine rings is 1. The average Bonchev–Trinajstić information content (AvgIpc) is 3.68. The van der Waals surface area contributed by atoms with Gasteiger partial charge in [-0.2, -0.15) is 0 Å². The van der Waals surface area contributed by atoms with E-state index in [9.17, 15) is 13.2 Å². The largest absolute Gasteiger partial charge is 0.461 e. The molecule has 0 saturated carbocycles. The number of nitrogens with two attached hydrogens (primary N) is 1. The van der Waals surface area contributed by atoms with Crippen molar-refractivity contribution in [1.82, 2.24) is 14.5 Å². The summed E-state index contributed by atoms with van der Waals surface area (Å²) in [6.07, 6.45) is 0.958. The number of carbonyl (C=O) groups excluding carboxylic acids is 1. The van der Waals surface area contributed by atoms with Crippen molar-refractivity contribution in [2.24, 2.45) is 11.7 Å². The van der Waals surface area contributed by atoms with Gasteiger partial charge in [0.05, 0.1) is 31.2 Å². The number of methoxy groups -OCH3 is 1. The Morgan fingerprint density at radius 3 is 2.58 bits per heavy atom. The topological polar surface area (TPSA) is 129 Å². The van der Waals surface area contributed by atoms with Crippen LogP contribution in [-0.2, 0) is 38.3 Å². The van der Waals surface area contributed by atoms with Gasteiger partial charge in [0.1, 0.15) is 11.3 Å². The van der Waals surface area contributed by atoms with E-state index in [1.54, 1.807) is 7.11 Å². The number of aryl methyl sites for hydroxylation is 2. The zero-order valence-corrected chi connectivity index (χ0v) is 28.6. The maximum Gasteiger partial charge on any atom is 0.355 e. The highest BCUT2D eigenvalue weighted by Crippen LogP contribution is 2.29. The van der Waals surface area contributed by atoms with E-state index in [1.165, 1.54) is 0 Å². The Hall–Kier alpha value is -4.29. The number of aromatic nitrogens is 2. The lowest BCUT2D eigenvalue weighted by molar-refractivity contribution is 0.0430. The normalized spacial score (nSPS) is 15.4. The molecule has 1 aliphatic rings. The molecule has 0 aliphatic carbocycles. The van der Waals surface area contributed by atoms with Gasteiger partial charge in [0.15, 0.2) is 0 Å². The number of esters is 1. The van der Waals surface area contributed by atoms with Crippen LogP contribution in [0.4, 0.5) is 5.69 Å². The van der Waals surface area contributed by atoms with Crippen LogP contribution in [-0.4, -0.2) is 68.8 Å². The quantitative estimate of drug-likeness (QED) is 0.160. The first-order valence-corrected chi connectivity index (χ1v) is 17.9. The predicted molar refractivity (Wildman–Crippen MR) is 190 cm³/mol. The van der Waals surface area contributed by atoms with Crippen LogP contribution in [0.1, 0.15) is 44.9 Å². The number of benzene rings is 3. The second-order valence-electron chi connectivity index (χ2n) is 12.7. The molecule has 3 aromatic carbocycles. The number of fused-ring (bicyclic) bond motifs is 2. The number of nitrogens with zero attached hydrogens (tertiary/aromatic N) is 3. The van der Waals surface area contributed by atoms with Gasteiger partial charge in [-0.05, 0) is 90.2 Å². The van der Waals surface area contributed by atoms with Gasteiger partial charge in [-0.25, -0.2) is 18.2 Å². The SMILES string of the molecule is COCCN1CCC(COC(=O)c2cc3ccc(CN)nc3n2Cc2cc(NS(=O)(=O)Cc3c(C)cccc3C)cc3ccccc23)C1. The minimum atomic E-state index is -3.74. The summed E-state index contributed by atoms with van der Waals surface area (Å²) in [5.41, 5.74) is 11.6. The van der Waals surface area contributed by atoms with Crippen molar-refractivity contribution in [3.05, 3.63) is 106 Å². The van der Waals surface area contributed by atoms with E-state index in [4.69, 9.17) is 20.2 Å². The Bertz CT molecular complexity index is 2040. The number of ether oxygens (including phenoxy) is 2. The Kier molecular flexibility index (Phi) is 10.1. The van der Waals surface area contributed by atoms with E-state index < -0.39 is 16.0 Å². The summed E-state index contributed by atoms with van der Waals surface area (Å²) in [6.45, 7) is 8.03. The standard InChI is InChI=1S/C37H43N5O5S/c1-25-7-6-8-26(2)34(25)24-48(44,45)40-32-17-28-9-4-5-10-33(28)30(18-32)22-42-35(19-29-11-12-31(20-38)39-36(29)42)37(43)47-23-27-13-14-41(21-27)15-16-46-3/h4-12,17-19,27,40H,13-16,20-24,38H2,1-3H3. The molecule has 6 rings (SSSR count). The first-order chi connectivity index (χ1) is 23.1. The van der Waals surface area contributed by atoms with Crippen molar-refractivity contribution >= 4 is 43.5 Å². The van der Waals surface area contributed by atoms with Crippen LogP contribution in [0, 0.1) is 19.8 Å². The van der Waals surface area contributed by atoms with Gasteiger partial charge in [-0.1, -0.05) is 42.5 Å². The number of hydrogen-bond acceptors (Lipinski definition) is 8. The van der Waals surface area contributed by atoms with Crippen molar-refractivity contribution < 1.29 is 22.7 Å². The summed E-state index contributed by atoms with van der Waals surface area (Å²) in [4.78, 5) is 20.8. The molecule has 1 saturated heterocycles. The van der Waals surface area contributed by atoms with Gasteiger partial charge >= 0.3 is 5.97 Å². The summed E-state index contributed by atoms with van der Waals surface area (Å²) >= 11 is 0. The molecule has 5 aromatic rings. The first kappa shape index (κ1) is 33.6. The summed E-state index contributed by atoms with van der Waals surface area (Å²) in [6, 6.07) is 22.8. The Morgan fingerprint density at radius 1 is 1.02 bits per heavy atom. The van der Waals surface area contributed by atoms with Crippen LogP contribution >= 0.6 is 0 Å². The number of anilines is 1. The van der Waals surface area contributed by atoms with Crippen LogP contribution in [0.2, 0.25) is 0 Å². The lowest BCUT2D eigenvalue weighted by Gasteiger charge is -2.17. The molecule has 1 aliphatic heterocycles. The van der Waals surface area contributed by atoms with Gasteiger partial charge in [0, 0.05) is 43.7 Å². The second kappa shape index (κ2) is 14.4. The molecule has 0 amide bonds. The third-order valence-electron chi connectivity index (χ3n) is 9.18. The van der Waals surface area contributed by atoms with E-state index in [0.29, 0.717) is 35.9 Å². The Labute approximate surface area is 281 Å². The molecular weight excluding hydrogens is 627 g/mol. The van der Waals surface area contributed by atoms with Crippen molar-refractivity contribution in [3.8, 4) is 0 Å². The highest BCUT2D eigenvalue weighted by atomic mass is 32.2. The Morgan fingerprint density at radius 2 is 1.81 bits per heavy atom. The van der Waals surface area contributed by atoms with Gasteiger partial charge in [-0.15, -0.1) is 0 Å². The number of nitrogens with one attached hydrogen (secondary N) is 1. The van der Waals surface area contributed by atoms with E-state index in [0.717, 1.165) is 64.5 Å². The summed E-state index contributed by atoms with van der Waals surface area (Å²) < 4.78 is 42.8. The molecule has 1 fully saturated rings. The molecule has 10 nitrogen and oxygen atoms in total. The molecule has 0 spiro atoms. The lowest BCUT2D eigenvalue weighted by atomic mass is 10.0. The summed E-state index contributed by atoms with van der Waals surface area (Å²) in [7, 11) is -2.04. The molecule has 11 heteroatoms. The fourth-order valence-corrected chi connectivity index (χ4v) is 7.97. The maximum atomic E-state index is 13.7. The third-order valence-corrected chi connectivity index (χ3v) is 10.4. The highest BCUT2D eigenvalue weighted by Gasteiger charge is 2.26. The predicted octanol–water partition coefficient (Wildman–Crippen LogP) is 5.38. The fourth-order valence-electron chi connectivity index (χ4n) is 6.58. The maximum absolute atomic E-state index is 13.7. The number of sulfonamides is 1. The van der Waals surface area contributed by atoms with E-state index in [2.05, 4.69) is 9.62 Å². The number of hydrogen-bond donors (Lipinski definition) is 2. The minimum Gasteiger partial charge on any atom is -0.461 e. The summed E-state index contributed by atoms with van der Waals surface area (Å²) in [5, 5.41) is 2.60. The van der Waals surface area contributed by atoms with Crippen molar-refractivity contribution in [2.75, 3.05) is 44.7 Å². The van der Waals surface area contributed by atoms with Gasteiger partial charge < -0.3 is 24.7 Å². The van der Waals surface area contributed by atoms with E-state index >= 15 is 0 Å². The zero-order chi connectivity index (χ0) is 33.8. The van der Waals surface area contributed by atoms with Gasteiger partial charge in [0.25, 0.3) is 0 Å². The van der Waals surface area contributed by atoms with E-state index in [-0.39, 0.29) is 24.8 Å². The van der Waals surface area contributed by atoms with Crippen LogP contribution in [0.5, 0.6) is 0 Å². The molecule has 0 radical (unpaired) electrons. The molecule has 3 N–H and O–H groups in total. The zero-order valence-electron chi connectivity index (χ0n) is 27.7. The first-order valence-electron chi connectivity index (χ1n) is 16.3. The number of carbonyl (C=O) groups is 1. The molecule has 252 valence electrons. The molecule has 3 heterocycles. The van der Waals surface area contributed by atoms with Crippen molar-refractivity contribution in [2.45, 2.75) is 39.1 Å². The van der Waals surface area contributed by atoms with Crippen molar-refractivity contribution in [3.63, 3.8) is 0 Å². The average molecular weight is 670 g/mol. The lowest BCUT2D eigenvalue weighted by Crippen LogP contribution is -2.26. The fraction of sp³-hybridized carbons (Fsp3) is 0.351. The molecule has 48 heavy (non-hydrogen) atoms. The second-order valence-corrected chi connectivity index (χ2v) is 14.4. The van der Waals surface area contributed by atoms with Crippen molar-refractivity contribution in [1.29, 1.82) is 0 Å². The number of rotatable bonds is 13. The molecule has 1 unspecified atom stereocenters. The van der Waals surface area contributed by atoms with Gasteiger partial charge in [-0.3, -0.25) is 4.72 Å². The van der Waals surface area contributed by atoms with E-state index in [1.807, 2.05) is 91.2 Å². The van der Waals surface area contributed by atoms with Crippen LogP contribution < -0.4 is 10.5 Å². The van der Waals surface area contributed by atoms with Gasteiger partial charge in [0.2, 0.25) is 10.0 Å². The smallest absolute Gasteiger partial charge is 0.355 e. The third kappa shape index (κ3) is 7.55. The minimum absolute atomic E-state index is 0.136. The Balaban J connectivity index is 1.32.